The van der Waals surface area contributed by atoms with Gasteiger partial charge < -0.3 is 15.4 Å². The normalized spacial score (nSPS) is 15.2. The maximum atomic E-state index is 13.0. The maximum Gasteiger partial charge on any atom is 0.269 e. The van der Waals surface area contributed by atoms with E-state index in [1.807, 2.05) is 37.3 Å². The summed E-state index contributed by atoms with van der Waals surface area (Å²) >= 11 is 6.04. The molecule has 0 radical (unpaired) electrons. The Morgan fingerprint density at radius 2 is 1.77 bits per heavy atom. The summed E-state index contributed by atoms with van der Waals surface area (Å²) in [4.78, 5) is 30.5. The Morgan fingerprint density at radius 1 is 1.06 bits per heavy atom. The first-order valence-electron chi connectivity index (χ1n) is 9.83. The van der Waals surface area contributed by atoms with Gasteiger partial charge in [-0.25, -0.2) is 4.99 Å². The molecule has 2 N–H and O–H groups in total. The minimum atomic E-state index is -1.12. The highest BCUT2D eigenvalue weighted by atomic mass is 35.5. The molecule has 0 bridgehead atoms. The van der Waals surface area contributed by atoms with Crippen LogP contribution in [0.25, 0.3) is 0 Å². The molecule has 0 saturated heterocycles. The van der Waals surface area contributed by atoms with Crippen molar-refractivity contribution in [1.82, 2.24) is 5.32 Å². The summed E-state index contributed by atoms with van der Waals surface area (Å²) in [7, 11) is 0. The lowest BCUT2D eigenvalue weighted by Crippen LogP contribution is -2.42. The van der Waals surface area contributed by atoms with Gasteiger partial charge in [0.25, 0.3) is 11.8 Å². The number of carbonyl (C=O) groups is 2. The van der Waals surface area contributed by atoms with Gasteiger partial charge in [-0.3, -0.25) is 9.59 Å². The smallest absolute Gasteiger partial charge is 0.269 e. The van der Waals surface area contributed by atoms with Crippen molar-refractivity contribution in [3.8, 4) is 5.75 Å². The van der Waals surface area contributed by atoms with Crippen LogP contribution in [0.15, 0.2) is 77.8 Å². The molecule has 1 atom stereocenters. The Kier molecular flexibility index (Phi) is 6.00. The third-order valence-corrected chi connectivity index (χ3v) is 5.02. The largest absolute Gasteiger partial charge is 0.493 e. The highest BCUT2D eigenvalue weighted by molar-refractivity contribution is 6.30. The van der Waals surface area contributed by atoms with Crippen LogP contribution in [0.2, 0.25) is 5.02 Å². The molecule has 0 aromatic heterocycles. The number of anilines is 1. The Morgan fingerprint density at radius 3 is 2.55 bits per heavy atom. The van der Waals surface area contributed by atoms with Crippen molar-refractivity contribution < 1.29 is 14.3 Å². The number of rotatable bonds is 5. The van der Waals surface area contributed by atoms with E-state index in [0.29, 0.717) is 34.3 Å². The first kappa shape index (κ1) is 20.6. The fourth-order valence-corrected chi connectivity index (χ4v) is 3.46. The van der Waals surface area contributed by atoms with E-state index in [9.17, 15) is 9.59 Å². The monoisotopic (exact) mass is 433 g/mol. The molecule has 4 rings (SSSR count). The lowest BCUT2D eigenvalue weighted by Gasteiger charge is -2.15. The summed E-state index contributed by atoms with van der Waals surface area (Å²) in [5.41, 5.74) is 3.07. The fraction of sp³-hybridized carbons (Fsp3) is 0.125. The van der Waals surface area contributed by atoms with Gasteiger partial charge in [0, 0.05) is 16.1 Å². The number of aliphatic imine (C=N–C) groups is 1. The van der Waals surface area contributed by atoms with E-state index in [0.717, 1.165) is 11.1 Å². The number of hydrogen-bond donors (Lipinski definition) is 2. The zero-order valence-corrected chi connectivity index (χ0v) is 17.5. The predicted molar refractivity (Wildman–Crippen MR) is 121 cm³/mol. The Hall–Kier alpha value is -3.64. The number of hydrogen-bond acceptors (Lipinski definition) is 4. The summed E-state index contributed by atoms with van der Waals surface area (Å²) < 4.78 is 5.54. The second kappa shape index (κ2) is 9.02. The number of fused-ring (bicyclic) bond motifs is 1. The van der Waals surface area contributed by atoms with Crippen LogP contribution in [-0.2, 0) is 4.79 Å². The summed E-state index contributed by atoms with van der Waals surface area (Å²) in [5.74, 6) is -0.435. The number of ether oxygens (including phenoxy) is 1. The highest BCUT2D eigenvalue weighted by Crippen LogP contribution is 2.25. The van der Waals surface area contributed by atoms with E-state index < -0.39 is 18.0 Å². The molecule has 7 heteroatoms. The molecular formula is C24H20ClN3O3. The second-order valence-electron chi connectivity index (χ2n) is 6.82. The molecular weight excluding hydrogens is 414 g/mol. The van der Waals surface area contributed by atoms with Crippen molar-refractivity contribution >= 4 is 34.8 Å². The molecule has 0 aliphatic carbocycles. The zero-order chi connectivity index (χ0) is 21.8. The van der Waals surface area contributed by atoms with Crippen molar-refractivity contribution in [2.75, 3.05) is 11.9 Å². The van der Waals surface area contributed by atoms with Gasteiger partial charge in [-0.05, 0) is 37.3 Å². The van der Waals surface area contributed by atoms with E-state index in [4.69, 9.17) is 16.3 Å². The summed E-state index contributed by atoms with van der Waals surface area (Å²) in [5, 5.41) is 6.18. The van der Waals surface area contributed by atoms with Crippen molar-refractivity contribution in [3.63, 3.8) is 0 Å². The zero-order valence-electron chi connectivity index (χ0n) is 16.8. The van der Waals surface area contributed by atoms with Gasteiger partial charge in [0.05, 0.1) is 23.6 Å². The molecule has 3 aromatic carbocycles. The number of amides is 2. The topological polar surface area (TPSA) is 79.8 Å². The van der Waals surface area contributed by atoms with Crippen LogP contribution in [0.4, 0.5) is 5.69 Å². The van der Waals surface area contributed by atoms with Crippen LogP contribution in [0.5, 0.6) is 5.75 Å². The van der Waals surface area contributed by atoms with E-state index in [1.165, 1.54) is 0 Å². The maximum absolute atomic E-state index is 13.0. The highest BCUT2D eigenvalue weighted by Gasteiger charge is 2.28. The van der Waals surface area contributed by atoms with Crippen molar-refractivity contribution in [2.45, 2.75) is 13.1 Å². The third kappa shape index (κ3) is 4.44. The van der Waals surface area contributed by atoms with Crippen molar-refractivity contribution in [3.05, 3.63) is 94.5 Å². The van der Waals surface area contributed by atoms with Gasteiger partial charge >= 0.3 is 0 Å². The van der Waals surface area contributed by atoms with Crippen LogP contribution >= 0.6 is 11.6 Å². The molecule has 1 aliphatic rings. The van der Waals surface area contributed by atoms with Gasteiger partial charge in [0.2, 0.25) is 6.17 Å². The van der Waals surface area contributed by atoms with Crippen LogP contribution < -0.4 is 15.4 Å². The van der Waals surface area contributed by atoms with Crippen LogP contribution in [-0.4, -0.2) is 30.3 Å². The Labute approximate surface area is 184 Å². The molecule has 156 valence electrons. The van der Waals surface area contributed by atoms with E-state index in [1.54, 1.807) is 42.5 Å². The summed E-state index contributed by atoms with van der Waals surface area (Å²) in [6, 6.07) is 21.4. The van der Waals surface area contributed by atoms with E-state index >= 15 is 0 Å². The average molecular weight is 434 g/mol. The van der Waals surface area contributed by atoms with Gasteiger partial charge in [-0.1, -0.05) is 54.1 Å². The van der Waals surface area contributed by atoms with Gasteiger partial charge in [0.15, 0.2) is 0 Å². The number of halogens is 1. The molecule has 0 fully saturated rings. The molecule has 1 aliphatic heterocycles. The van der Waals surface area contributed by atoms with Crippen molar-refractivity contribution in [2.24, 2.45) is 4.99 Å². The first-order chi connectivity index (χ1) is 15.1. The minimum absolute atomic E-state index is 0.335. The summed E-state index contributed by atoms with van der Waals surface area (Å²) in [6.45, 7) is 2.26. The number of nitrogens with one attached hydrogen (secondary N) is 2. The summed E-state index contributed by atoms with van der Waals surface area (Å²) in [6.07, 6.45) is -1.12. The lowest BCUT2D eigenvalue weighted by molar-refractivity contribution is -0.117. The van der Waals surface area contributed by atoms with Crippen molar-refractivity contribution in [1.29, 1.82) is 0 Å². The average Bonchev–Trinajstić information content (AvgIpc) is 2.91. The molecule has 0 spiro atoms. The number of benzene rings is 3. The van der Waals surface area contributed by atoms with Gasteiger partial charge in [-0.2, -0.15) is 0 Å². The Balaban J connectivity index is 1.72. The third-order valence-electron chi connectivity index (χ3n) is 4.76. The molecule has 3 aromatic rings. The molecule has 31 heavy (non-hydrogen) atoms. The molecule has 1 heterocycles. The van der Waals surface area contributed by atoms with Crippen LogP contribution in [0.1, 0.15) is 28.4 Å². The second-order valence-corrected chi connectivity index (χ2v) is 7.26. The number of para-hydroxylation sites is 2. The molecule has 2 amide bonds. The fourth-order valence-electron chi connectivity index (χ4n) is 3.33. The van der Waals surface area contributed by atoms with Crippen LogP contribution in [0, 0.1) is 0 Å². The van der Waals surface area contributed by atoms with Gasteiger partial charge in [0.1, 0.15) is 5.75 Å². The Bertz CT molecular complexity index is 1160. The van der Waals surface area contributed by atoms with E-state index in [2.05, 4.69) is 15.6 Å². The SMILES string of the molecule is CCOc1ccccc1C(=O)N[C@H]1N=C(c2ccc(Cl)cc2)c2ccccc2NC1=O. The molecule has 0 saturated carbocycles. The molecule has 0 unspecified atom stereocenters. The van der Waals surface area contributed by atoms with Crippen LogP contribution in [0.3, 0.4) is 0 Å². The number of carbonyl (C=O) groups excluding carboxylic acids is 2. The number of nitrogens with zero attached hydrogens (tertiary/aromatic N) is 1. The predicted octanol–water partition coefficient (Wildman–Crippen LogP) is 4.28. The standard InChI is InChI=1S/C24H20ClN3O3/c1-2-31-20-10-6-4-8-18(20)23(29)28-22-24(30)26-19-9-5-3-7-17(19)21(27-22)15-11-13-16(25)14-12-15/h3-14,22H,2H2,1H3,(H,26,30)(H,28,29)/t22-/m1/s1. The minimum Gasteiger partial charge on any atom is -0.493 e. The quantitative estimate of drug-likeness (QED) is 0.630. The lowest BCUT2D eigenvalue weighted by atomic mass is 10.0. The molecule has 6 nitrogen and oxygen atoms in total. The van der Waals surface area contributed by atoms with Gasteiger partial charge in [-0.15, -0.1) is 0 Å². The first-order valence-corrected chi connectivity index (χ1v) is 10.2. The van der Waals surface area contributed by atoms with E-state index in [-0.39, 0.29) is 0 Å². The number of benzodiazepines with no additional fused rings is 1.